The SMILES string of the molecule is CC1(C(=O)NC[C@H](O)C(=O)O)CCNCC1. The highest BCUT2D eigenvalue weighted by atomic mass is 16.4. The number of carbonyl (C=O) groups is 2. The topological polar surface area (TPSA) is 98.7 Å². The highest BCUT2D eigenvalue weighted by molar-refractivity contribution is 5.83. The van der Waals surface area contributed by atoms with Crippen LogP contribution >= 0.6 is 0 Å². The number of aliphatic hydroxyl groups is 1. The molecule has 1 amide bonds. The minimum Gasteiger partial charge on any atom is -0.479 e. The standard InChI is InChI=1S/C10H18N2O4/c1-10(2-4-11-5-3-10)9(16)12-6-7(13)8(14)15/h7,11,13H,2-6H2,1H3,(H,12,16)(H,14,15)/t7-/m0/s1. The monoisotopic (exact) mass is 230 g/mol. The first-order valence-electron chi connectivity index (χ1n) is 5.35. The molecule has 0 aromatic rings. The van der Waals surface area contributed by atoms with E-state index in [2.05, 4.69) is 10.6 Å². The van der Waals surface area contributed by atoms with Crippen LogP contribution < -0.4 is 10.6 Å². The molecule has 1 aliphatic rings. The van der Waals surface area contributed by atoms with Crippen LogP contribution in [-0.2, 0) is 9.59 Å². The first-order chi connectivity index (χ1) is 7.46. The van der Waals surface area contributed by atoms with Gasteiger partial charge in [-0.2, -0.15) is 0 Å². The van der Waals surface area contributed by atoms with E-state index in [1.54, 1.807) is 0 Å². The number of rotatable bonds is 4. The van der Waals surface area contributed by atoms with Crippen molar-refractivity contribution < 1.29 is 19.8 Å². The zero-order valence-electron chi connectivity index (χ0n) is 9.32. The molecular formula is C10H18N2O4. The highest BCUT2D eigenvalue weighted by Crippen LogP contribution is 2.27. The second-order valence-electron chi connectivity index (χ2n) is 4.37. The number of hydrogen-bond acceptors (Lipinski definition) is 4. The molecule has 0 saturated carbocycles. The van der Waals surface area contributed by atoms with Crippen LogP contribution in [0.15, 0.2) is 0 Å². The molecule has 1 fully saturated rings. The van der Waals surface area contributed by atoms with Crippen LogP contribution in [0.25, 0.3) is 0 Å². The van der Waals surface area contributed by atoms with Crippen LogP contribution in [0, 0.1) is 5.41 Å². The van der Waals surface area contributed by atoms with Crippen molar-refractivity contribution in [3.63, 3.8) is 0 Å². The molecule has 0 aromatic heterocycles. The summed E-state index contributed by atoms with van der Waals surface area (Å²) in [6.07, 6.45) is -0.0847. The Labute approximate surface area is 94.0 Å². The molecule has 4 N–H and O–H groups in total. The van der Waals surface area contributed by atoms with Gasteiger partial charge in [0.15, 0.2) is 6.10 Å². The van der Waals surface area contributed by atoms with Gasteiger partial charge in [0.2, 0.25) is 5.91 Å². The molecule has 0 aliphatic carbocycles. The van der Waals surface area contributed by atoms with Gasteiger partial charge in [-0.15, -0.1) is 0 Å². The third-order valence-electron chi connectivity index (χ3n) is 3.00. The summed E-state index contributed by atoms with van der Waals surface area (Å²) in [4.78, 5) is 22.2. The number of carboxylic acids is 1. The number of piperidine rings is 1. The number of amides is 1. The summed E-state index contributed by atoms with van der Waals surface area (Å²) in [5.74, 6) is -1.51. The molecule has 0 unspecified atom stereocenters. The Bertz CT molecular complexity index is 274. The number of hydrogen-bond donors (Lipinski definition) is 4. The predicted molar refractivity (Wildman–Crippen MR) is 56.9 cm³/mol. The van der Waals surface area contributed by atoms with Crippen LogP contribution in [0.1, 0.15) is 19.8 Å². The molecule has 0 aromatic carbocycles. The van der Waals surface area contributed by atoms with Crippen molar-refractivity contribution in [2.24, 2.45) is 5.41 Å². The Balaban J connectivity index is 2.42. The summed E-state index contributed by atoms with van der Waals surface area (Å²) in [6.45, 7) is 3.18. The average Bonchev–Trinajstić information content (AvgIpc) is 2.26. The zero-order chi connectivity index (χ0) is 12.2. The number of carbonyl (C=O) groups excluding carboxylic acids is 1. The van der Waals surface area contributed by atoms with Gasteiger partial charge in [0.05, 0.1) is 6.54 Å². The van der Waals surface area contributed by atoms with Gasteiger partial charge in [-0.1, -0.05) is 6.92 Å². The van der Waals surface area contributed by atoms with Gasteiger partial charge in [-0.25, -0.2) is 4.79 Å². The maximum Gasteiger partial charge on any atom is 0.334 e. The molecule has 0 spiro atoms. The molecule has 1 atom stereocenters. The second kappa shape index (κ2) is 5.27. The molecule has 16 heavy (non-hydrogen) atoms. The molecule has 6 heteroatoms. The zero-order valence-corrected chi connectivity index (χ0v) is 9.32. The molecule has 92 valence electrons. The molecule has 1 aliphatic heterocycles. The first kappa shape index (κ1) is 12.9. The number of aliphatic carboxylic acids is 1. The lowest BCUT2D eigenvalue weighted by molar-refractivity contribution is -0.146. The van der Waals surface area contributed by atoms with Crippen molar-refractivity contribution in [2.45, 2.75) is 25.9 Å². The van der Waals surface area contributed by atoms with Gasteiger partial charge in [-0.05, 0) is 25.9 Å². The number of aliphatic hydroxyl groups excluding tert-OH is 1. The summed E-state index contributed by atoms with van der Waals surface area (Å²) in [5, 5.41) is 23.1. The third-order valence-corrected chi connectivity index (χ3v) is 3.00. The maximum absolute atomic E-state index is 11.8. The lowest BCUT2D eigenvalue weighted by Gasteiger charge is -2.32. The summed E-state index contributed by atoms with van der Waals surface area (Å²) >= 11 is 0. The predicted octanol–water partition coefficient (Wildman–Crippen LogP) is -1.06. The van der Waals surface area contributed by atoms with Crippen LogP contribution in [0.5, 0.6) is 0 Å². The fourth-order valence-electron chi connectivity index (χ4n) is 1.70. The lowest BCUT2D eigenvalue weighted by Crippen LogP contribution is -2.48. The molecule has 6 nitrogen and oxygen atoms in total. The van der Waals surface area contributed by atoms with Crippen molar-refractivity contribution in [3.05, 3.63) is 0 Å². The summed E-state index contributed by atoms with van der Waals surface area (Å²) in [7, 11) is 0. The van der Waals surface area contributed by atoms with Crippen molar-refractivity contribution in [1.29, 1.82) is 0 Å². The van der Waals surface area contributed by atoms with Crippen molar-refractivity contribution in [1.82, 2.24) is 10.6 Å². The smallest absolute Gasteiger partial charge is 0.334 e. The van der Waals surface area contributed by atoms with Crippen molar-refractivity contribution in [2.75, 3.05) is 19.6 Å². The highest BCUT2D eigenvalue weighted by Gasteiger charge is 2.34. The van der Waals surface area contributed by atoms with Crippen LogP contribution in [-0.4, -0.2) is 47.8 Å². The van der Waals surface area contributed by atoms with Crippen molar-refractivity contribution in [3.8, 4) is 0 Å². The number of carboxylic acid groups (broad SMARTS) is 1. The van der Waals surface area contributed by atoms with E-state index in [-0.39, 0.29) is 12.5 Å². The number of nitrogens with one attached hydrogen (secondary N) is 2. The summed E-state index contributed by atoms with van der Waals surface area (Å²) in [5.41, 5.74) is -0.455. The van der Waals surface area contributed by atoms with Gasteiger partial charge in [0.25, 0.3) is 0 Å². The maximum atomic E-state index is 11.8. The van der Waals surface area contributed by atoms with Gasteiger partial charge < -0.3 is 20.8 Å². The van der Waals surface area contributed by atoms with Gasteiger partial charge >= 0.3 is 5.97 Å². The van der Waals surface area contributed by atoms with Gasteiger partial charge in [0.1, 0.15) is 0 Å². The molecule has 0 radical (unpaired) electrons. The lowest BCUT2D eigenvalue weighted by atomic mass is 9.80. The first-order valence-corrected chi connectivity index (χ1v) is 5.35. The molecular weight excluding hydrogens is 212 g/mol. The Hall–Kier alpha value is -1.14. The minimum absolute atomic E-state index is 0.186. The Morgan fingerprint density at radius 1 is 1.44 bits per heavy atom. The fourth-order valence-corrected chi connectivity index (χ4v) is 1.70. The van der Waals surface area contributed by atoms with E-state index < -0.39 is 17.5 Å². The third kappa shape index (κ3) is 3.18. The quantitative estimate of drug-likeness (QED) is 0.493. The van der Waals surface area contributed by atoms with E-state index in [1.807, 2.05) is 6.92 Å². The molecule has 1 heterocycles. The van der Waals surface area contributed by atoms with Crippen LogP contribution in [0.2, 0.25) is 0 Å². The van der Waals surface area contributed by atoms with Crippen molar-refractivity contribution >= 4 is 11.9 Å². The van der Waals surface area contributed by atoms with E-state index in [1.165, 1.54) is 0 Å². The average molecular weight is 230 g/mol. The molecule has 0 bridgehead atoms. The van der Waals surface area contributed by atoms with E-state index in [0.29, 0.717) is 0 Å². The fraction of sp³-hybridized carbons (Fsp3) is 0.800. The van der Waals surface area contributed by atoms with Gasteiger partial charge in [0, 0.05) is 5.41 Å². The Kier molecular flexibility index (Phi) is 4.26. The van der Waals surface area contributed by atoms with E-state index in [0.717, 1.165) is 25.9 Å². The van der Waals surface area contributed by atoms with Crippen LogP contribution in [0.3, 0.4) is 0 Å². The van der Waals surface area contributed by atoms with E-state index >= 15 is 0 Å². The van der Waals surface area contributed by atoms with Crippen LogP contribution in [0.4, 0.5) is 0 Å². The summed E-state index contributed by atoms with van der Waals surface area (Å²) < 4.78 is 0. The second-order valence-corrected chi connectivity index (χ2v) is 4.37. The summed E-state index contributed by atoms with van der Waals surface area (Å²) in [6, 6.07) is 0. The normalized spacial score (nSPS) is 21.1. The Morgan fingerprint density at radius 3 is 2.50 bits per heavy atom. The van der Waals surface area contributed by atoms with E-state index in [9.17, 15) is 9.59 Å². The largest absolute Gasteiger partial charge is 0.479 e. The minimum atomic E-state index is -1.53. The van der Waals surface area contributed by atoms with Gasteiger partial charge in [-0.3, -0.25) is 4.79 Å². The van der Waals surface area contributed by atoms with E-state index in [4.69, 9.17) is 10.2 Å². The molecule has 1 rings (SSSR count). The Morgan fingerprint density at radius 2 is 2.00 bits per heavy atom. The molecule has 1 saturated heterocycles.